The fraction of sp³-hybridized carbons (Fsp3) is 0.125. The number of thiol groups is 1. The molecular weight excluding hydrogens is 210 g/mol. The molecule has 14 heavy (non-hydrogen) atoms. The number of amidine groups is 1. The topological polar surface area (TPSA) is 56.1 Å². The molecule has 3 N–H and O–H groups in total. The maximum atomic E-state index is 13.2. The summed E-state index contributed by atoms with van der Waals surface area (Å²) in [6.45, 7) is 0. The van der Waals surface area contributed by atoms with Gasteiger partial charge in [0, 0.05) is 10.5 Å². The molecule has 1 aromatic carbocycles. The molecule has 1 aromatic rings. The first-order valence-corrected chi connectivity index (χ1v) is 4.09. The van der Waals surface area contributed by atoms with E-state index in [1.54, 1.807) is 0 Å². The first kappa shape index (κ1) is 10.9. The zero-order valence-electron chi connectivity index (χ0n) is 6.96. The van der Waals surface area contributed by atoms with Crippen molar-refractivity contribution in [2.24, 2.45) is 0 Å². The Morgan fingerprint density at radius 3 is 2.29 bits per heavy atom. The Balaban J connectivity index is 3.03. The molecule has 0 bridgehead atoms. The van der Waals surface area contributed by atoms with E-state index >= 15 is 0 Å². The van der Waals surface area contributed by atoms with Crippen molar-refractivity contribution in [2.45, 2.75) is 10.8 Å². The fourth-order valence-electron chi connectivity index (χ4n) is 0.885. The van der Waals surface area contributed by atoms with E-state index in [-0.39, 0.29) is 5.56 Å². The third-order valence-electron chi connectivity index (χ3n) is 1.66. The standard InChI is InChI=1S/C8H8F2N2OS/c9-8(10,7(11)12-13)5-1-3-6(14)4-2-5/h1-4,13-14H,(H2,11,12). The summed E-state index contributed by atoms with van der Waals surface area (Å²) in [6, 6.07) is 5.07. The van der Waals surface area contributed by atoms with Crippen molar-refractivity contribution in [1.29, 1.82) is 5.41 Å². The summed E-state index contributed by atoms with van der Waals surface area (Å²) in [5, 5.41) is 15.0. The van der Waals surface area contributed by atoms with Crippen LogP contribution in [-0.4, -0.2) is 11.0 Å². The van der Waals surface area contributed by atoms with Crippen molar-refractivity contribution >= 4 is 18.5 Å². The molecule has 0 heterocycles. The molecule has 3 nitrogen and oxygen atoms in total. The number of alkyl halides is 2. The monoisotopic (exact) mass is 218 g/mol. The summed E-state index contributed by atoms with van der Waals surface area (Å²) in [6.07, 6.45) is 0. The number of hydrogen-bond donors (Lipinski definition) is 4. The molecular formula is C8H8F2N2OS. The molecule has 6 heteroatoms. The Bertz CT molecular complexity index is 340. The van der Waals surface area contributed by atoms with Crippen LogP contribution in [0.4, 0.5) is 8.78 Å². The number of rotatable bonds is 2. The summed E-state index contributed by atoms with van der Waals surface area (Å²) < 4.78 is 26.4. The molecule has 0 aliphatic rings. The second-order valence-electron chi connectivity index (χ2n) is 2.61. The van der Waals surface area contributed by atoms with Gasteiger partial charge in [0.25, 0.3) is 0 Å². The molecule has 0 aliphatic heterocycles. The number of hydrogen-bond acceptors (Lipinski definition) is 3. The average Bonchev–Trinajstić information content (AvgIpc) is 2.17. The van der Waals surface area contributed by atoms with E-state index < -0.39 is 11.8 Å². The van der Waals surface area contributed by atoms with E-state index in [1.807, 2.05) is 0 Å². The first-order valence-electron chi connectivity index (χ1n) is 3.65. The van der Waals surface area contributed by atoms with Gasteiger partial charge in [-0.05, 0) is 12.1 Å². The maximum absolute atomic E-state index is 13.2. The lowest BCUT2D eigenvalue weighted by Crippen LogP contribution is -2.35. The third kappa shape index (κ3) is 2.02. The highest BCUT2D eigenvalue weighted by Crippen LogP contribution is 2.28. The van der Waals surface area contributed by atoms with Gasteiger partial charge in [0.1, 0.15) is 0 Å². The van der Waals surface area contributed by atoms with Gasteiger partial charge in [-0.2, -0.15) is 8.78 Å². The Hall–Kier alpha value is -1.14. The SMILES string of the molecule is N=C(NO)C(F)(F)c1ccc(S)cc1. The van der Waals surface area contributed by atoms with Crippen LogP contribution in [0.15, 0.2) is 29.2 Å². The molecule has 0 saturated heterocycles. The Labute approximate surface area is 84.6 Å². The molecule has 0 spiro atoms. The summed E-state index contributed by atoms with van der Waals surface area (Å²) >= 11 is 3.94. The lowest BCUT2D eigenvalue weighted by Gasteiger charge is -2.16. The van der Waals surface area contributed by atoms with Crippen LogP contribution in [0.2, 0.25) is 0 Å². The van der Waals surface area contributed by atoms with Gasteiger partial charge < -0.3 is 0 Å². The van der Waals surface area contributed by atoms with E-state index in [0.717, 1.165) is 17.6 Å². The smallest absolute Gasteiger partial charge is 0.290 e. The molecule has 76 valence electrons. The number of halogens is 2. The van der Waals surface area contributed by atoms with Crippen LogP contribution in [-0.2, 0) is 5.92 Å². The van der Waals surface area contributed by atoms with Crippen LogP contribution in [0.5, 0.6) is 0 Å². The van der Waals surface area contributed by atoms with Crippen LogP contribution in [0.1, 0.15) is 5.56 Å². The molecule has 0 atom stereocenters. The summed E-state index contributed by atoms with van der Waals surface area (Å²) in [4.78, 5) is 0.549. The van der Waals surface area contributed by atoms with Crippen LogP contribution < -0.4 is 5.48 Å². The predicted molar refractivity (Wildman–Crippen MR) is 50.2 cm³/mol. The van der Waals surface area contributed by atoms with Gasteiger partial charge in [0.2, 0.25) is 0 Å². The highest BCUT2D eigenvalue weighted by molar-refractivity contribution is 7.80. The van der Waals surface area contributed by atoms with Gasteiger partial charge in [0.05, 0.1) is 0 Å². The van der Waals surface area contributed by atoms with Crippen molar-refractivity contribution in [3.63, 3.8) is 0 Å². The molecule has 0 aromatic heterocycles. The van der Waals surface area contributed by atoms with Gasteiger partial charge >= 0.3 is 5.92 Å². The molecule has 0 saturated carbocycles. The van der Waals surface area contributed by atoms with Crippen molar-refractivity contribution in [1.82, 2.24) is 5.48 Å². The minimum absolute atomic E-state index is 0.373. The zero-order chi connectivity index (χ0) is 10.8. The average molecular weight is 218 g/mol. The Kier molecular flexibility index (Phi) is 3.07. The molecule has 1 rings (SSSR count). The summed E-state index contributed by atoms with van der Waals surface area (Å²) in [7, 11) is 0. The third-order valence-corrected chi connectivity index (χ3v) is 1.95. The van der Waals surface area contributed by atoms with Crippen molar-refractivity contribution < 1.29 is 14.0 Å². The predicted octanol–water partition coefficient (Wildman–Crippen LogP) is 2.02. The fourth-order valence-corrected chi connectivity index (χ4v) is 1.03. The lowest BCUT2D eigenvalue weighted by atomic mass is 10.1. The zero-order valence-corrected chi connectivity index (χ0v) is 7.85. The van der Waals surface area contributed by atoms with Crippen molar-refractivity contribution in [2.75, 3.05) is 0 Å². The number of benzene rings is 1. The second kappa shape index (κ2) is 3.93. The van der Waals surface area contributed by atoms with Crippen molar-refractivity contribution in [3.8, 4) is 0 Å². The maximum Gasteiger partial charge on any atom is 0.331 e. The van der Waals surface area contributed by atoms with Crippen LogP contribution in [0.25, 0.3) is 0 Å². The van der Waals surface area contributed by atoms with Crippen molar-refractivity contribution in [3.05, 3.63) is 29.8 Å². The highest BCUT2D eigenvalue weighted by Gasteiger charge is 2.37. The van der Waals surface area contributed by atoms with Crippen LogP contribution in [0.3, 0.4) is 0 Å². The van der Waals surface area contributed by atoms with Gasteiger partial charge in [-0.15, -0.1) is 12.6 Å². The Morgan fingerprint density at radius 1 is 1.36 bits per heavy atom. The number of nitrogens with one attached hydrogen (secondary N) is 2. The Morgan fingerprint density at radius 2 is 1.86 bits per heavy atom. The molecule has 0 fully saturated rings. The quantitative estimate of drug-likeness (QED) is 0.266. The van der Waals surface area contributed by atoms with E-state index in [9.17, 15) is 8.78 Å². The van der Waals surface area contributed by atoms with E-state index in [2.05, 4.69) is 12.6 Å². The van der Waals surface area contributed by atoms with Crippen LogP contribution >= 0.6 is 12.6 Å². The minimum Gasteiger partial charge on any atom is -0.290 e. The molecule has 0 amide bonds. The summed E-state index contributed by atoms with van der Waals surface area (Å²) in [5.41, 5.74) is 0.759. The van der Waals surface area contributed by atoms with Gasteiger partial charge in [-0.1, -0.05) is 12.1 Å². The van der Waals surface area contributed by atoms with Gasteiger partial charge in [-0.25, -0.2) is 0 Å². The second-order valence-corrected chi connectivity index (χ2v) is 3.12. The summed E-state index contributed by atoms with van der Waals surface area (Å²) in [5.74, 6) is -4.78. The molecule has 0 unspecified atom stereocenters. The van der Waals surface area contributed by atoms with E-state index in [1.165, 1.54) is 12.1 Å². The molecule has 0 aliphatic carbocycles. The van der Waals surface area contributed by atoms with Crippen LogP contribution in [0, 0.1) is 5.41 Å². The van der Waals surface area contributed by atoms with Gasteiger partial charge in [0.15, 0.2) is 5.84 Å². The lowest BCUT2D eigenvalue weighted by molar-refractivity contribution is 0.0560. The molecule has 0 radical (unpaired) electrons. The highest BCUT2D eigenvalue weighted by atomic mass is 32.1. The van der Waals surface area contributed by atoms with E-state index in [0.29, 0.717) is 4.90 Å². The van der Waals surface area contributed by atoms with E-state index in [4.69, 9.17) is 10.6 Å². The first-order chi connectivity index (χ1) is 6.48. The normalized spacial score (nSPS) is 11.1. The number of hydroxylamine groups is 1. The largest absolute Gasteiger partial charge is 0.331 e. The van der Waals surface area contributed by atoms with Gasteiger partial charge in [-0.3, -0.25) is 16.1 Å². The minimum atomic E-state index is -3.52.